The first-order valence-corrected chi connectivity index (χ1v) is 4.46. The van der Waals surface area contributed by atoms with Gasteiger partial charge in [-0.1, -0.05) is 0 Å². The fraction of sp³-hybridized carbons (Fsp3) is 0.300. The van der Waals surface area contributed by atoms with Crippen LogP contribution in [0.5, 0.6) is 5.75 Å². The van der Waals surface area contributed by atoms with Gasteiger partial charge in [-0.2, -0.15) is 8.78 Å². The number of hydrogen-bond donors (Lipinski definition) is 2. The lowest BCUT2D eigenvalue weighted by Gasteiger charge is -2.17. The largest absolute Gasteiger partial charge is 0.478 e. The molecule has 0 aliphatic heterocycles. The van der Waals surface area contributed by atoms with Crippen LogP contribution in [0.25, 0.3) is 0 Å². The number of benzene rings is 1. The number of halogens is 3. The highest BCUT2D eigenvalue weighted by molar-refractivity contribution is 5.88. The molecule has 0 aliphatic carbocycles. The molecule has 96 valence electrons. The Morgan fingerprint density at radius 3 is 2.53 bits per heavy atom. The van der Waals surface area contributed by atoms with Crippen LogP contribution < -0.4 is 10.5 Å². The maximum atomic E-state index is 12.8. The van der Waals surface area contributed by atoms with Gasteiger partial charge in [0, 0.05) is 0 Å². The number of ether oxygens (including phenoxy) is 1. The predicted molar refractivity (Wildman–Crippen MR) is 60.0 cm³/mol. The number of carboxylic acid groups (broad SMARTS) is 1. The number of alkyl halides is 2. The monoisotopic (exact) mass is 267 g/mol. The van der Waals surface area contributed by atoms with Crippen molar-refractivity contribution in [2.45, 2.75) is 13.0 Å². The lowest BCUT2D eigenvalue weighted by Crippen LogP contribution is -2.34. The van der Waals surface area contributed by atoms with Gasteiger partial charge < -0.3 is 15.6 Å². The summed E-state index contributed by atoms with van der Waals surface area (Å²) in [5.74, 6) is -1.21. The number of aryl methyl sites for hydroxylation is 1. The summed E-state index contributed by atoms with van der Waals surface area (Å²) in [4.78, 5) is 10.6. The number of hydrogen-bond acceptors (Lipinski definition) is 3. The van der Waals surface area contributed by atoms with Crippen LogP contribution in [0.1, 0.15) is 15.9 Å². The van der Waals surface area contributed by atoms with E-state index in [0.29, 0.717) is 5.56 Å². The highest BCUT2D eigenvalue weighted by atomic mass is 35.5. The van der Waals surface area contributed by atoms with E-state index in [0.717, 1.165) is 0 Å². The molecular weight excluding hydrogens is 256 g/mol. The molecule has 0 amide bonds. The molecule has 0 fully saturated rings. The van der Waals surface area contributed by atoms with E-state index in [1.165, 1.54) is 25.1 Å². The van der Waals surface area contributed by atoms with E-state index < -0.39 is 18.6 Å². The Balaban J connectivity index is 0.00000256. The first-order valence-electron chi connectivity index (χ1n) is 4.46. The molecule has 7 heteroatoms. The van der Waals surface area contributed by atoms with Crippen molar-refractivity contribution in [3.63, 3.8) is 0 Å². The summed E-state index contributed by atoms with van der Waals surface area (Å²) in [5, 5.41) is 8.67. The number of nitrogens with two attached hydrogens (primary N) is 1. The SMILES string of the molecule is Cc1cc(C(=O)O)ccc1OC(F)(F)CN.Cl. The van der Waals surface area contributed by atoms with Gasteiger partial charge in [-0.15, -0.1) is 12.4 Å². The van der Waals surface area contributed by atoms with E-state index in [2.05, 4.69) is 4.74 Å². The standard InChI is InChI=1S/C10H11F2NO3.ClH/c1-6-4-7(9(14)15)2-3-8(6)16-10(11,12)5-13;/h2-4H,5,13H2,1H3,(H,14,15);1H. The van der Waals surface area contributed by atoms with Gasteiger partial charge >= 0.3 is 12.1 Å². The molecule has 0 radical (unpaired) electrons. The van der Waals surface area contributed by atoms with E-state index in [1.54, 1.807) is 0 Å². The molecule has 0 aromatic heterocycles. The molecule has 17 heavy (non-hydrogen) atoms. The molecule has 1 rings (SSSR count). The van der Waals surface area contributed by atoms with Gasteiger partial charge in [-0.05, 0) is 30.7 Å². The Bertz CT molecular complexity index is 413. The van der Waals surface area contributed by atoms with Crippen LogP contribution in [0, 0.1) is 6.92 Å². The van der Waals surface area contributed by atoms with E-state index in [1.807, 2.05) is 0 Å². The van der Waals surface area contributed by atoms with Crippen molar-refractivity contribution in [2.75, 3.05) is 6.54 Å². The normalized spacial score (nSPS) is 10.6. The number of rotatable bonds is 4. The molecule has 0 spiro atoms. The van der Waals surface area contributed by atoms with Gasteiger partial charge in [0.05, 0.1) is 12.1 Å². The van der Waals surface area contributed by atoms with Crippen LogP contribution in [0.2, 0.25) is 0 Å². The zero-order valence-corrected chi connectivity index (χ0v) is 9.76. The smallest absolute Gasteiger partial charge is 0.410 e. The first kappa shape index (κ1) is 15.6. The Morgan fingerprint density at radius 1 is 1.53 bits per heavy atom. The van der Waals surface area contributed by atoms with Crippen molar-refractivity contribution in [3.05, 3.63) is 29.3 Å². The van der Waals surface area contributed by atoms with E-state index in [-0.39, 0.29) is 23.7 Å². The summed E-state index contributed by atoms with van der Waals surface area (Å²) in [6.07, 6.45) is -3.45. The summed E-state index contributed by atoms with van der Waals surface area (Å²) in [6, 6.07) is 3.63. The van der Waals surface area contributed by atoms with E-state index in [9.17, 15) is 13.6 Å². The third-order valence-corrected chi connectivity index (χ3v) is 1.92. The van der Waals surface area contributed by atoms with Gasteiger partial charge in [0.25, 0.3) is 0 Å². The quantitative estimate of drug-likeness (QED) is 0.876. The molecule has 0 aliphatic rings. The lowest BCUT2D eigenvalue weighted by atomic mass is 10.1. The van der Waals surface area contributed by atoms with Crippen molar-refractivity contribution in [1.29, 1.82) is 0 Å². The highest BCUT2D eigenvalue weighted by Gasteiger charge is 2.29. The molecule has 0 atom stereocenters. The first-order chi connectivity index (χ1) is 7.35. The maximum Gasteiger partial charge on any atom is 0.410 e. The van der Waals surface area contributed by atoms with Crippen molar-refractivity contribution in [3.8, 4) is 5.75 Å². The van der Waals surface area contributed by atoms with Crippen molar-refractivity contribution in [2.24, 2.45) is 5.73 Å². The van der Waals surface area contributed by atoms with Gasteiger partial charge in [-0.3, -0.25) is 0 Å². The van der Waals surface area contributed by atoms with Crippen molar-refractivity contribution in [1.82, 2.24) is 0 Å². The van der Waals surface area contributed by atoms with Crippen LogP contribution in [0.15, 0.2) is 18.2 Å². The Morgan fingerprint density at radius 2 is 2.12 bits per heavy atom. The van der Waals surface area contributed by atoms with Crippen LogP contribution in [-0.2, 0) is 0 Å². The van der Waals surface area contributed by atoms with Gasteiger partial charge in [0.15, 0.2) is 0 Å². The average molecular weight is 268 g/mol. The van der Waals surface area contributed by atoms with Crippen LogP contribution >= 0.6 is 12.4 Å². The molecule has 0 heterocycles. The third kappa shape index (κ3) is 4.16. The topological polar surface area (TPSA) is 72.5 Å². The lowest BCUT2D eigenvalue weighted by molar-refractivity contribution is -0.166. The fourth-order valence-electron chi connectivity index (χ4n) is 1.10. The Kier molecular flexibility index (Phi) is 5.31. The summed E-state index contributed by atoms with van der Waals surface area (Å²) < 4.78 is 30.0. The summed E-state index contributed by atoms with van der Waals surface area (Å²) in [6.45, 7) is 0.543. The van der Waals surface area contributed by atoms with Gasteiger partial charge in [0.2, 0.25) is 0 Å². The second kappa shape index (κ2) is 5.79. The summed E-state index contributed by atoms with van der Waals surface area (Å²) in [5.41, 5.74) is 5.14. The minimum absolute atomic E-state index is 0. The van der Waals surface area contributed by atoms with Crippen LogP contribution in [0.3, 0.4) is 0 Å². The molecule has 1 aromatic carbocycles. The summed E-state index contributed by atoms with van der Waals surface area (Å²) >= 11 is 0. The van der Waals surface area contributed by atoms with Gasteiger partial charge in [0.1, 0.15) is 5.75 Å². The zero-order valence-electron chi connectivity index (χ0n) is 8.94. The predicted octanol–water partition coefficient (Wildman–Crippen LogP) is 2.05. The van der Waals surface area contributed by atoms with E-state index in [4.69, 9.17) is 10.8 Å². The molecular formula is C10H12ClF2NO3. The third-order valence-electron chi connectivity index (χ3n) is 1.92. The van der Waals surface area contributed by atoms with E-state index >= 15 is 0 Å². The number of carboxylic acids is 1. The molecule has 1 aromatic rings. The molecule has 0 saturated carbocycles. The highest BCUT2D eigenvalue weighted by Crippen LogP contribution is 2.25. The molecule has 4 nitrogen and oxygen atoms in total. The molecule has 0 unspecified atom stereocenters. The molecule has 3 N–H and O–H groups in total. The maximum absolute atomic E-state index is 12.8. The minimum Gasteiger partial charge on any atom is -0.478 e. The van der Waals surface area contributed by atoms with Gasteiger partial charge in [-0.25, -0.2) is 4.79 Å². The average Bonchev–Trinajstić information content (AvgIpc) is 2.20. The summed E-state index contributed by atoms with van der Waals surface area (Å²) in [7, 11) is 0. The van der Waals surface area contributed by atoms with Crippen molar-refractivity contribution < 1.29 is 23.4 Å². The Hall–Kier alpha value is -1.40. The molecule has 0 bridgehead atoms. The van der Waals surface area contributed by atoms with Crippen LogP contribution in [-0.4, -0.2) is 23.7 Å². The zero-order chi connectivity index (χ0) is 12.3. The molecule has 0 saturated heterocycles. The fourth-order valence-corrected chi connectivity index (χ4v) is 1.10. The minimum atomic E-state index is -3.45. The number of carbonyl (C=O) groups is 1. The number of aromatic carboxylic acids is 1. The Labute approximate surface area is 103 Å². The van der Waals surface area contributed by atoms with Crippen LogP contribution in [0.4, 0.5) is 8.78 Å². The second-order valence-corrected chi connectivity index (χ2v) is 3.23. The van der Waals surface area contributed by atoms with Crippen molar-refractivity contribution >= 4 is 18.4 Å². The second-order valence-electron chi connectivity index (χ2n) is 3.23.